The van der Waals surface area contributed by atoms with E-state index in [0.717, 1.165) is 11.3 Å². The van der Waals surface area contributed by atoms with Gasteiger partial charge in [-0.3, -0.25) is 14.3 Å². The number of thiophene rings is 1. The monoisotopic (exact) mass is 412 g/mol. The van der Waals surface area contributed by atoms with Crippen LogP contribution in [-0.2, 0) is 16.1 Å². The molecule has 0 aliphatic heterocycles. The lowest BCUT2D eigenvalue weighted by Gasteiger charge is -2.10. The minimum atomic E-state index is -0.679. The predicted molar refractivity (Wildman–Crippen MR) is 103 cm³/mol. The van der Waals surface area contributed by atoms with Crippen molar-refractivity contribution >= 4 is 45.7 Å². The van der Waals surface area contributed by atoms with E-state index in [4.69, 9.17) is 22.1 Å². The molecule has 2 aromatic heterocycles. The minimum absolute atomic E-state index is 0.0963. The summed E-state index contributed by atoms with van der Waals surface area (Å²) in [4.78, 5) is 36.7. The average Bonchev–Trinajstić information content (AvgIpc) is 2.99. The van der Waals surface area contributed by atoms with Gasteiger partial charge in [0.25, 0.3) is 5.91 Å². The molecule has 0 unspecified atom stereocenters. The second-order valence-electron chi connectivity index (χ2n) is 6.27. The zero-order chi connectivity index (χ0) is 20.5. The Morgan fingerprint density at radius 1 is 1.30 bits per heavy atom. The zero-order valence-corrected chi connectivity index (χ0v) is 17.2. The fraction of sp³-hybridized carbons (Fsp3) is 0.412. The van der Waals surface area contributed by atoms with E-state index in [0.29, 0.717) is 22.0 Å². The molecule has 3 N–H and O–H groups in total. The Hall–Kier alpha value is -2.39. The van der Waals surface area contributed by atoms with Gasteiger partial charge in [0.1, 0.15) is 11.5 Å². The van der Waals surface area contributed by atoms with E-state index >= 15 is 0 Å². The summed E-state index contributed by atoms with van der Waals surface area (Å²) in [5, 5.41) is 7.56. The molecule has 0 bridgehead atoms. The van der Waals surface area contributed by atoms with Gasteiger partial charge in [0.2, 0.25) is 5.91 Å². The number of amides is 2. The number of aryl methyl sites for hydroxylation is 1. The van der Waals surface area contributed by atoms with Gasteiger partial charge in [0.15, 0.2) is 0 Å². The van der Waals surface area contributed by atoms with Crippen LogP contribution in [0, 0.1) is 20.8 Å². The highest BCUT2D eigenvalue weighted by Gasteiger charge is 2.26. The number of primary amides is 1. The maximum absolute atomic E-state index is 12.5. The van der Waals surface area contributed by atoms with Crippen molar-refractivity contribution in [2.45, 2.75) is 47.3 Å². The maximum Gasteiger partial charge on any atom is 0.341 e. The van der Waals surface area contributed by atoms with Crippen LogP contribution >= 0.6 is 22.9 Å². The van der Waals surface area contributed by atoms with E-state index < -0.39 is 17.8 Å². The van der Waals surface area contributed by atoms with Crippen molar-refractivity contribution in [1.29, 1.82) is 0 Å². The molecular formula is C17H21ClN4O4S. The Balaban J connectivity index is 2.32. The molecule has 8 nitrogen and oxygen atoms in total. The highest BCUT2D eigenvalue weighted by Crippen LogP contribution is 2.33. The minimum Gasteiger partial charge on any atom is -0.459 e. The fourth-order valence-electron chi connectivity index (χ4n) is 2.49. The summed E-state index contributed by atoms with van der Waals surface area (Å²) in [6.45, 7) is 8.40. The number of anilines is 1. The number of hydrogen-bond donors (Lipinski definition) is 2. The molecule has 0 saturated heterocycles. The highest BCUT2D eigenvalue weighted by atomic mass is 35.5. The molecule has 0 spiro atoms. The number of esters is 1. The standard InChI is InChI=1S/C17H21ClN4O4S/c1-7(2)26-17(25)12-8(3)14(15(19)24)27-16(12)20-11(23)6-22-10(5)13(18)9(4)21-22/h7H,6H2,1-5H3,(H2,19,24)(H,20,23). The number of carbonyl (C=O) groups excluding carboxylic acids is 3. The van der Waals surface area contributed by atoms with Crippen LogP contribution in [0.2, 0.25) is 5.02 Å². The predicted octanol–water partition coefficient (Wildman–Crippen LogP) is 2.83. The molecule has 0 aromatic carbocycles. The summed E-state index contributed by atoms with van der Waals surface area (Å²) < 4.78 is 6.69. The third kappa shape index (κ3) is 4.48. The molecule has 0 aliphatic rings. The maximum atomic E-state index is 12.5. The summed E-state index contributed by atoms with van der Waals surface area (Å²) in [5.41, 5.74) is 7.15. The number of ether oxygens (including phenoxy) is 1. The largest absolute Gasteiger partial charge is 0.459 e. The molecule has 0 fully saturated rings. The van der Waals surface area contributed by atoms with E-state index in [2.05, 4.69) is 10.4 Å². The molecule has 0 aliphatic carbocycles. The molecule has 2 aromatic rings. The van der Waals surface area contributed by atoms with Gasteiger partial charge in [-0.2, -0.15) is 5.10 Å². The van der Waals surface area contributed by atoms with Crippen molar-refractivity contribution in [3.63, 3.8) is 0 Å². The summed E-state index contributed by atoms with van der Waals surface area (Å²) >= 11 is 7.03. The quantitative estimate of drug-likeness (QED) is 0.707. The van der Waals surface area contributed by atoms with Crippen LogP contribution in [0.3, 0.4) is 0 Å². The van der Waals surface area contributed by atoms with Gasteiger partial charge in [-0.1, -0.05) is 11.6 Å². The topological polar surface area (TPSA) is 116 Å². The van der Waals surface area contributed by atoms with Gasteiger partial charge in [-0.05, 0) is 40.2 Å². The fourth-order valence-corrected chi connectivity index (χ4v) is 3.69. The van der Waals surface area contributed by atoms with Crippen molar-refractivity contribution in [2.24, 2.45) is 5.73 Å². The van der Waals surface area contributed by atoms with Gasteiger partial charge in [0.05, 0.1) is 33.0 Å². The molecule has 0 atom stereocenters. The first-order valence-corrected chi connectivity index (χ1v) is 9.35. The van der Waals surface area contributed by atoms with Gasteiger partial charge < -0.3 is 15.8 Å². The molecule has 2 amide bonds. The number of nitrogens with two attached hydrogens (primary N) is 1. The number of rotatable bonds is 6. The SMILES string of the molecule is Cc1nn(CC(=O)Nc2sc(C(N)=O)c(C)c2C(=O)OC(C)C)c(C)c1Cl. The van der Waals surface area contributed by atoms with Gasteiger partial charge >= 0.3 is 5.97 Å². The zero-order valence-electron chi connectivity index (χ0n) is 15.7. The molecule has 2 rings (SSSR count). The Kier molecular flexibility index (Phi) is 6.27. The molecule has 27 heavy (non-hydrogen) atoms. The Bertz CT molecular complexity index is 917. The Morgan fingerprint density at radius 3 is 2.41 bits per heavy atom. The number of halogens is 1. The number of nitrogens with zero attached hydrogens (tertiary/aromatic N) is 2. The van der Waals surface area contributed by atoms with Crippen molar-refractivity contribution in [3.8, 4) is 0 Å². The third-order valence-corrected chi connectivity index (χ3v) is 5.53. The van der Waals surface area contributed by atoms with E-state index in [1.807, 2.05) is 0 Å². The summed E-state index contributed by atoms with van der Waals surface area (Å²) in [7, 11) is 0. The van der Waals surface area contributed by atoms with Crippen LogP contribution in [0.5, 0.6) is 0 Å². The van der Waals surface area contributed by atoms with Crippen molar-refractivity contribution < 1.29 is 19.1 Å². The van der Waals surface area contributed by atoms with Crippen molar-refractivity contribution in [3.05, 3.63) is 32.4 Å². The summed E-state index contributed by atoms with van der Waals surface area (Å²) in [6.07, 6.45) is -0.353. The Morgan fingerprint density at radius 2 is 1.93 bits per heavy atom. The van der Waals surface area contributed by atoms with Crippen LogP contribution in [0.4, 0.5) is 5.00 Å². The van der Waals surface area contributed by atoms with E-state index in [-0.39, 0.29) is 28.1 Å². The second kappa shape index (κ2) is 8.10. The van der Waals surface area contributed by atoms with Crippen LogP contribution in [-0.4, -0.2) is 33.7 Å². The number of nitrogens with one attached hydrogen (secondary N) is 1. The smallest absolute Gasteiger partial charge is 0.341 e. The first kappa shape index (κ1) is 20.9. The average molecular weight is 413 g/mol. The molecule has 146 valence electrons. The lowest BCUT2D eigenvalue weighted by Crippen LogP contribution is -2.21. The Labute approximate surface area is 165 Å². The number of hydrogen-bond acceptors (Lipinski definition) is 6. The first-order chi connectivity index (χ1) is 12.5. The summed E-state index contributed by atoms with van der Waals surface area (Å²) in [5.74, 6) is -1.73. The second-order valence-corrected chi connectivity index (χ2v) is 7.67. The van der Waals surface area contributed by atoms with Crippen LogP contribution in [0.15, 0.2) is 0 Å². The van der Waals surface area contributed by atoms with Crippen LogP contribution in [0.25, 0.3) is 0 Å². The van der Waals surface area contributed by atoms with Crippen molar-refractivity contribution in [2.75, 3.05) is 5.32 Å². The highest BCUT2D eigenvalue weighted by molar-refractivity contribution is 7.18. The molecule has 0 saturated carbocycles. The van der Waals surface area contributed by atoms with E-state index in [1.165, 1.54) is 4.68 Å². The molecule has 0 radical (unpaired) electrons. The van der Waals surface area contributed by atoms with Gasteiger partial charge in [0, 0.05) is 0 Å². The van der Waals surface area contributed by atoms with E-state index in [9.17, 15) is 14.4 Å². The van der Waals surface area contributed by atoms with Crippen molar-refractivity contribution in [1.82, 2.24) is 9.78 Å². The van der Waals surface area contributed by atoms with E-state index in [1.54, 1.807) is 34.6 Å². The number of aromatic nitrogens is 2. The van der Waals surface area contributed by atoms with Gasteiger partial charge in [-0.25, -0.2) is 4.79 Å². The lowest BCUT2D eigenvalue weighted by molar-refractivity contribution is -0.116. The van der Waals surface area contributed by atoms with Crippen LogP contribution < -0.4 is 11.1 Å². The van der Waals surface area contributed by atoms with Crippen LogP contribution in [0.1, 0.15) is 50.8 Å². The summed E-state index contributed by atoms with van der Waals surface area (Å²) in [6, 6.07) is 0. The number of carbonyl (C=O) groups is 3. The first-order valence-electron chi connectivity index (χ1n) is 8.16. The third-order valence-electron chi connectivity index (χ3n) is 3.76. The molecule has 2 heterocycles. The molecule has 10 heteroatoms. The normalized spacial score (nSPS) is 10.9. The van der Waals surface area contributed by atoms with Gasteiger partial charge in [-0.15, -0.1) is 11.3 Å². The lowest BCUT2D eigenvalue weighted by atomic mass is 10.1. The molecular weight excluding hydrogens is 392 g/mol.